The average Bonchev–Trinajstić information content (AvgIpc) is 3.62. The number of hydrogen-bond donors (Lipinski definition) is 3. The second-order valence-electron chi connectivity index (χ2n) is 9.80. The summed E-state index contributed by atoms with van der Waals surface area (Å²) >= 11 is 13.4. The fourth-order valence-corrected chi connectivity index (χ4v) is 6.34. The van der Waals surface area contributed by atoms with E-state index in [1.807, 2.05) is 0 Å². The number of aliphatic hydroxyl groups is 3. The van der Waals surface area contributed by atoms with Gasteiger partial charge in [0.15, 0.2) is 17.5 Å². The number of amides is 1. The number of benzene rings is 2. The highest BCUT2D eigenvalue weighted by atomic mass is 35.5. The quantitative estimate of drug-likeness (QED) is 0.316. The largest absolute Gasteiger partial charge is 0.394 e. The zero-order valence-electron chi connectivity index (χ0n) is 21.6. The van der Waals surface area contributed by atoms with Gasteiger partial charge in [-0.15, -0.1) is 5.10 Å². The Morgan fingerprint density at radius 2 is 1.88 bits per heavy atom. The molecule has 3 aromatic rings. The molecule has 6 atom stereocenters. The molecule has 0 bridgehead atoms. The minimum atomic E-state index is -1.64. The number of nitrogens with zero attached hydrogens (tertiary/aromatic N) is 4. The van der Waals surface area contributed by atoms with E-state index in [9.17, 15) is 33.3 Å². The third-order valence-corrected chi connectivity index (χ3v) is 8.86. The van der Waals surface area contributed by atoms with Gasteiger partial charge in [-0.25, -0.2) is 17.9 Å². The summed E-state index contributed by atoms with van der Waals surface area (Å²) in [5.41, 5.74) is -1.10. The second kappa shape index (κ2) is 13.1. The number of carbonyl (C=O) groups excluding carboxylic acids is 1. The molecule has 2 aromatic carbocycles. The van der Waals surface area contributed by atoms with Gasteiger partial charge >= 0.3 is 0 Å². The van der Waals surface area contributed by atoms with E-state index in [2.05, 4.69) is 10.3 Å². The Balaban J connectivity index is 1.48. The first-order chi connectivity index (χ1) is 20.0. The molecule has 42 heavy (non-hydrogen) atoms. The van der Waals surface area contributed by atoms with Crippen molar-refractivity contribution in [2.24, 2.45) is 0 Å². The summed E-state index contributed by atoms with van der Waals surface area (Å²) in [6.07, 6.45) is -2.61. The molecule has 3 heterocycles. The summed E-state index contributed by atoms with van der Waals surface area (Å²) in [6.45, 7) is -0.534. The van der Waals surface area contributed by atoms with Crippen molar-refractivity contribution >= 4 is 40.9 Å². The van der Waals surface area contributed by atoms with Crippen LogP contribution >= 0.6 is 35.0 Å². The number of ether oxygens (including phenoxy) is 2. The molecule has 3 N–H and O–H groups in total. The Morgan fingerprint density at radius 3 is 2.52 bits per heavy atom. The van der Waals surface area contributed by atoms with Crippen LogP contribution < -0.4 is 0 Å². The molecule has 2 saturated heterocycles. The van der Waals surface area contributed by atoms with Crippen LogP contribution in [0.25, 0.3) is 11.3 Å². The molecule has 5 rings (SSSR count). The number of aliphatic hydroxyl groups excluding tert-OH is 3. The van der Waals surface area contributed by atoms with Gasteiger partial charge in [-0.1, -0.05) is 40.2 Å². The second-order valence-corrected chi connectivity index (χ2v) is 11.8. The highest BCUT2D eigenvalue weighted by Crippen LogP contribution is 2.41. The third kappa shape index (κ3) is 6.55. The van der Waals surface area contributed by atoms with Crippen molar-refractivity contribution in [3.05, 3.63) is 64.0 Å². The van der Waals surface area contributed by atoms with E-state index in [-0.39, 0.29) is 22.8 Å². The lowest BCUT2D eigenvalue weighted by Gasteiger charge is -2.43. The SMILES string of the molecule is O=C(CO[C@@H]1[C@@H](n2cc(-c3cc(F)c(F)c(F)c3)nn2)[C@@H](O)[C@@H](CO)O[C@@H]1Sc1ccc(Cl)c(Cl)c1)N1CC[C@@H](O)C1. The fraction of sp³-hybridized carbons (Fsp3) is 0.423. The van der Waals surface area contributed by atoms with Crippen LogP contribution in [-0.4, -0.2) is 97.3 Å². The number of likely N-dealkylation sites (tertiary alicyclic amines) is 1. The van der Waals surface area contributed by atoms with Gasteiger partial charge in [0.25, 0.3) is 0 Å². The first-order valence-electron chi connectivity index (χ1n) is 12.8. The van der Waals surface area contributed by atoms with Crippen LogP contribution in [0.2, 0.25) is 10.0 Å². The molecule has 1 aromatic heterocycles. The predicted molar refractivity (Wildman–Crippen MR) is 145 cm³/mol. The number of rotatable bonds is 8. The smallest absolute Gasteiger partial charge is 0.248 e. The summed E-state index contributed by atoms with van der Waals surface area (Å²) in [4.78, 5) is 14.9. The van der Waals surface area contributed by atoms with E-state index in [1.54, 1.807) is 18.2 Å². The molecule has 0 unspecified atom stereocenters. The van der Waals surface area contributed by atoms with Crippen molar-refractivity contribution in [2.75, 3.05) is 26.3 Å². The third-order valence-electron chi connectivity index (χ3n) is 6.98. The van der Waals surface area contributed by atoms with Crippen molar-refractivity contribution in [2.45, 2.75) is 47.2 Å². The standard InChI is InChI=1S/C26H25Cl2F3N4O6S/c27-15-2-1-14(7-16(15)28)42-26-25(40-11-21(38)34-4-3-13(37)8-34)23(24(39)20(10-36)41-26)35-9-19(32-33-35)12-5-17(29)22(31)18(30)6-12/h1-2,5-7,9,13,20,23-26,36-37,39H,3-4,8,10-11H2/t13-,20-,23+,24+,25-,26-/m1/s1. The van der Waals surface area contributed by atoms with E-state index < -0.39 is 72.5 Å². The Morgan fingerprint density at radius 1 is 1.14 bits per heavy atom. The van der Waals surface area contributed by atoms with Gasteiger partial charge in [-0.05, 0) is 36.8 Å². The van der Waals surface area contributed by atoms with Gasteiger partial charge in [-0.2, -0.15) is 0 Å². The van der Waals surface area contributed by atoms with E-state index in [4.69, 9.17) is 32.7 Å². The molecule has 0 aliphatic carbocycles. The molecule has 0 spiro atoms. The lowest BCUT2D eigenvalue weighted by atomic mass is 9.97. The molecule has 1 amide bonds. The van der Waals surface area contributed by atoms with Crippen molar-refractivity contribution in [3.8, 4) is 11.3 Å². The maximum atomic E-state index is 13.9. The number of hydrogen-bond acceptors (Lipinski definition) is 9. The number of carbonyl (C=O) groups is 1. The van der Waals surface area contributed by atoms with Crippen molar-refractivity contribution in [1.29, 1.82) is 0 Å². The van der Waals surface area contributed by atoms with Gasteiger partial charge in [0.2, 0.25) is 5.91 Å². The van der Waals surface area contributed by atoms with Gasteiger partial charge in [0, 0.05) is 23.5 Å². The van der Waals surface area contributed by atoms with Crippen molar-refractivity contribution < 1.29 is 42.8 Å². The Hall–Kier alpha value is -2.43. The zero-order chi connectivity index (χ0) is 30.1. The number of β-amino-alcohol motifs (C(OH)–C–C–N with tert-alkyl or cyclic N) is 1. The van der Waals surface area contributed by atoms with Crippen LogP contribution in [0.15, 0.2) is 41.4 Å². The number of thioether (sulfide) groups is 1. The molecule has 2 aliphatic rings. The maximum Gasteiger partial charge on any atom is 0.248 e. The molecule has 0 saturated carbocycles. The normalized spacial score (nSPS) is 26.1. The van der Waals surface area contributed by atoms with Crippen LogP contribution in [0.1, 0.15) is 12.5 Å². The fourth-order valence-electron chi connectivity index (χ4n) is 4.81. The summed E-state index contributed by atoms with van der Waals surface area (Å²) in [6, 6.07) is 5.23. The van der Waals surface area contributed by atoms with Gasteiger partial charge < -0.3 is 29.7 Å². The minimum Gasteiger partial charge on any atom is -0.394 e. The molecule has 0 radical (unpaired) electrons. The summed E-state index contributed by atoms with van der Waals surface area (Å²) in [7, 11) is 0. The number of aromatic nitrogens is 3. The molecule has 2 fully saturated rings. The van der Waals surface area contributed by atoms with Crippen LogP contribution in [-0.2, 0) is 14.3 Å². The monoisotopic (exact) mass is 648 g/mol. The molecule has 226 valence electrons. The van der Waals surface area contributed by atoms with Crippen LogP contribution in [0, 0.1) is 17.5 Å². The van der Waals surface area contributed by atoms with Gasteiger partial charge in [0.1, 0.15) is 42.1 Å². The van der Waals surface area contributed by atoms with Crippen LogP contribution in [0.5, 0.6) is 0 Å². The maximum absolute atomic E-state index is 13.9. The number of halogens is 5. The van der Waals surface area contributed by atoms with Crippen LogP contribution in [0.4, 0.5) is 13.2 Å². The minimum absolute atomic E-state index is 0.0402. The first kappa shape index (κ1) is 31.0. The molecule has 16 heteroatoms. The Labute approximate surface area is 251 Å². The van der Waals surface area contributed by atoms with E-state index in [0.717, 1.165) is 23.9 Å². The van der Waals surface area contributed by atoms with Crippen molar-refractivity contribution in [1.82, 2.24) is 19.9 Å². The van der Waals surface area contributed by atoms with Crippen molar-refractivity contribution in [3.63, 3.8) is 0 Å². The average molecular weight is 649 g/mol. The predicted octanol–water partition coefficient (Wildman–Crippen LogP) is 3.06. The topological polar surface area (TPSA) is 130 Å². The summed E-state index contributed by atoms with van der Waals surface area (Å²) in [5, 5.41) is 39.6. The zero-order valence-corrected chi connectivity index (χ0v) is 23.9. The van der Waals surface area contributed by atoms with Crippen LogP contribution in [0.3, 0.4) is 0 Å². The Kier molecular flexibility index (Phi) is 9.64. The molecule has 2 aliphatic heterocycles. The summed E-state index contributed by atoms with van der Waals surface area (Å²) in [5.74, 6) is -4.88. The highest BCUT2D eigenvalue weighted by Gasteiger charge is 2.48. The summed E-state index contributed by atoms with van der Waals surface area (Å²) < 4.78 is 54.5. The molecular weight excluding hydrogens is 624 g/mol. The molecular formula is C26H25Cl2F3N4O6S. The lowest BCUT2D eigenvalue weighted by molar-refractivity contribution is -0.195. The van der Waals surface area contributed by atoms with Gasteiger partial charge in [0.05, 0.1) is 29.0 Å². The van der Waals surface area contributed by atoms with Gasteiger partial charge in [-0.3, -0.25) is 4.79 Å². The van der Waals surface area contributed by atoms with E-state index in [0.29, 0.717) is 22.9 Å². The van der Waals surface area contributed by atoms with E-state index >= 15 is 0 Å². The van der Waals surface area contributed by atoms with E-state index in [1.165, 1.54) is 15.8 Å². The molecule has 10 nitrogen and oxygen atoms in total. The highest BCUT2D eigenvalue weighted by molar-refractivity contribution is 7.99. The lowest BCUT2D eigenvalue weighted by Crippen LogP contribution is -2.56. The Bertz CT molecular complexity index is 1430. The first-order valence-corrected chi connectivity index (χ1v) is 14.4.